The third-order valence-corrected chi connectivity index (χ3v) is 5.78. The fraction of sp³-hybridized carbons (Fsp3) is 0.812. The summed E-state index contributed by atoms with van der Waals surface area (Å²) in [6.45, 7) is 4.90. The second-order valence-corrected chi connectivity index (χ2v) is 7.97. The summed E-state index contributed by atoms with van der Waals surface area (Å²) < 4.78 is 0. The standard InChI is InChI=1S/C16H26N2O4S/c1-11(2)14(20)18-7-3-12(4-8-18)13(19)17-16(15(21)22)5-9-23-10-6-16/h11-12H,3-10H2,1-2H3,(H,17,19)(H,21,22). The van der Waals surface area contributed by atoms with Gasteiger partial charge in [0.15, 0.2) is 0 Å². The number of carboxylic acids is 1. The highest BCUT2D eigenvalue weighted by Crippen LogP contribution is 2.29. The van der Waals surface area contributed by atoms with Crippen LogP contribution in [0.15, 0.2) is 0 Å². The Morgan fingerprint density at radius 2 is 1.74 bits per heavy atom. The number of rotatable bonds is 4. The van der Waals surface area contributed by atoms with Crippen LogP contribution >= 0.6 is 11.8 Å². The number of piperidine rings is 1. The molecule has 0 spiro atoms. The van der Waals surface area contributed by atoms with Gasteiger partial charge in [-0.3, -0.25) is 9.59 Å². The average molecular weight is 342 g/mol. The molecule has 2 heterocycles. The van der Waals surface area contributed by atoms with Crippen molar-refractivity contribution in [3.05, 3.63) is 0 Å². The number of carboxylic acid groups (broad SMARTS) is 1. The Hall–Kier alpha value is -1.24. The number of likely N-dealkylation sites (tertiary alicyclic amines) is 1. The molecule has 2 rings (SSSR count). The number of hydrogen-bond acceptors (Lipinski definition) is 4. The summed E-state index contributed by atoms with van der Waals surface area (Å²) in [5, 5.41) is 12.3. The lowest BCUT2D eigenvalue weighted by atomic mass is 9.89. The average Bonchev–Trinajstić information content (AvgIpc) is 2.55. The van der Waals surface area contributed by atoms with Crippen LogP contribution in [0.4, 0.5) is 0 Å². The summed E-state index contributed by atoms with van der Waals surface area (Å²) in [4.78, 5) is 37.9. The summed E-state index contributed by atoms with van der Waals surface area (Å²) in [5.41, 5.74) is -1.10. The van der Waals surface area contributed by atoms with Gasteiger partial charge in [-0.2, -0.15) is 11.8 Å². The number of aliphatic carboxylic acids is 1. The highest BCUT2D eigenvalue weighted by molar-refractivity contribution is 7.99. The minimum atomic E-state index is -1.10. The molecule has 2 saturated heterocycles. The normalized spacial score (nSPS) is 22.0. The summed E-state index contributed by atoms with van der Waals surface area (Å²) in [7, 11) is 0. The van der Waals surface area contributed by atoms with Gasteiger partial charge in [0, 0.05) is 24.9 Å². The smallest absolute Gasteiger partial charge is 0.329 e. The predicted molar refractivity (Wildman–Crippen MR) is 89.2 cm³/mol. The number of thioether (sulfide) groups is 1. The van der Waals surface area contributed by atoms with Crippen LogP contribution in [0.25, 0.3) is 0 Å². The molecule has 0 aromatic rings. The maximum Gasteiger partial charge on any atom is 0.329 e. The molecule has 2 fully saturated rings. The molecule has 0 aliphatic carbocycles. The zero-order valence-corrected chi connectivity index (χ0v) is 14.7. The first-order chi connectivity index (χ1) is 10.9. The van der Waals surface area contributed by atoms with Crippen LogP contribution < -0.4 is 5.32 Å². The molecular weight excluding hydrogens is 316 g/mol. The Labute approximate surface area is 141 Å². The summed E-state index contributed by atoms with van der Waals surface area (Å²) in [5.74, 6) is 0.305. The van der Waals surface area contributed by atoms with Crippen molar-refractivity contribution in [3.63, 3.8) is 0 Å². The van der Waals surface area contributed by atoms with E-state index in [-0.39, 0.29) is 23.7 Å². The lowest BCUT2D eigenvalue weighted by Gasteiger charge is -2.37. The van der Waals surface area contributed by atoms with Crippen molar-refractivity contribution in [3.8, 4) is 0 Å². The lowest BCUT2D eigenvalue weighted by molar-refractivity contribution is -0.149. The largest absolute Gasteiger partial charge is 0.480 e. The van der Waals surface area contributed by atoms with E-state index in [9.17, 15) is 19.5 Å². The maximum absolute atomic E-state index is 12.5. The van der Waals surface area contributed by atoms with Gasteiger partial charge < -0.3 is 15.3 Å². The zero-order chi connectivity index (χ0) is 17.0. The first kappa shape index (κ1) is 18.1. The van der Waals surface area contributed by atoms with Gasteiger partial charge in [-0.1, -0.05) is 13.8 Å². The van der Waals surface area contributed by atoms with Gasteiger partial charge in [-0.05, 0) is 37.2 Å². The van der Waals surface area contributed by atoms with Crippen molar-refractivity contribution in [1.29, 1.82) is 0 Å². The van der Waals surface area contributed by atoms with Gasteiger partial charge in [0.1, 0.15) is 5.54 Å². The van der Waals surface area contributed by atoms with E-state index in [1.807, 2.05) is 13.8 Å². The van der Waals surface area contributed by atoms with Crippen molar-refractivity contribution >= 4 is 29.5 Å². The quantitative estimate of drug-likeness (QED) is 0.805. The van der Waals surface area contributed by atoms with Gasteiger partial charge in [0.05, 0.1) is 0 Å². The van der Waals surface area contributed by atoms with Gasteiger partial charge in [-0.25, -0.2) is 4.79 Å². The highest BCUT2D eigenvalue weighted by atomic mass is 32.2. The number of hydrogen-bond donors (Lipinski definition) is 2. The minimum absolute atomic E-state index is 0.0320. The van der Waals surface area contributed by atoms with E-state index < -0.39 is 11.5 Å². The minimum Gasteiger partial charge on any atom is -0.480 e. The Morgan fingerprint density at radius 3 is 2.22 bits per heavy atom. The SMILES string of the molecule is CC(C)C(=O)N1CCC(C(=O)NC2(C(=O)O)CCSCC2)CC1. The molecule has 0 bridgehead atoms. The van der Waals surface area contributed by atoms with Crippen molar-refractivity contribution in [2.45, 2.75) is 45.1 Å². The first-order valence-electron chi connectivity index (χ1n) is 8.28. The van der Waals surface area contributed by atoms with Crippen LogP contribution in [-0.2, 0) is 14.4 Å². The Morgan fingerprint density at radius 1 is 1.17 bits per heavy atom. The monoisotopic (exact) mass is 342 g/mol. The molecule has 0 saturated carbocycles. The molecule has 6 nitrogen and oxygen atoms in total. The number of nitrogens with zero attached hydrogens (tertiary/aromatic N) is 1. The van der Waals surface area contributed by atoms with E-state index in [1.54, 1.807) is 16.7 Å². The van der Waals surface area contributed by atoms with Crippen LogP contribution in [0.2, 0.25) is 0 Å². The predicted octanol–water partition coefficient (Wildman–Crippen LogP) is 1.35. The number of nitrogens with one attached hydrogen (secondary N) is 1. The second-order valence-electron chi connectivity index (χ2n) is 6.74. The second kappa shape index (κ2) is 7.55. The van der Waals surface area contributed by atoms with Crippen molar-refractivity contribution in [2.24, 2.45) is 11.8 Å². The van der Waals surface area contributed by atoms with Crippen LogP contribution in [0.3, 0.4) is 0 Å². The van der Waals surface area contributed by atoms with Gasteiger partial charge in [0.25, 0.3) is 0 Å². The van der Waals surface area contributed by atoms with Crippen LogP contribution in [0.5, 0.6) is 0 Å². The molecule has 0 aromatic carbocycles. The Bertz CT molecular complexity index is 467. The summed E-state index contributed by atoms with van der Waals surface area (Å²) >= 11 is 1.72. The van der Waals surface area contributed by atoms with E-state index in [2.05, 4.69) is 5.32 Å². The van der Waals surface area contributed by atoms with Crippen molar-refractivity contribution in [1.82, 2.24) is 10.2 Å². The molecule has 0 unspecified atom stereocenters. The molecule has 0 radical (unpaired) electrons. The highest BCUT2D eigenvalue weighted by Gasteiger charge is 2.42. The molecule has 2 aliphatic heterocycles. The lowest BCUT2D eigenvalue weighted by Crippen LogP contribution is -2.58. The summed E-state index contributed by atoms with van der Waals surface area (Å²) in [6.07, 6.45) is 2.16. The molecular formula is C16H26N2O4S. The molecule has 23 heavy (non-hydrogen) atoms. The third kappa shape index (κ3) is 4.19. The van der Waals surface area contributed by atoms with Crippen LogP contribution in [0, 0.1) is 11.8 Å². The molecule has 2 aliphatic rings. The van der Waals surface area contributed by atoms with Crippen molar-refractivity contribution in [2.75, 3.05) is 24.6 Å². The fourth-order valence-electron chi connectivity index (χ4n) is 3.18. The van der Waals surface area contributed by atoms with E-state index in [4.69, 9.17) is 0 Å². The van der Waals surface area contributed by atoms with E-state index in [1.165, 1.54) is 0 Å². The molecule has 0 aromatic heterocycles. The zero-order valence-electron chi connectivity index (χ0n) is 13.8. The first-order valence-corrected chi connectivity index (χ1v) is 9.43. The summed E-state index contributed by atoms with van der Waals surface area (Å²) in [6, 6.07) is 0. The third-order valence-electron chi connectivity index (χ3n) is 4.79. The van der Waals surface area contributed by atoms with Gasteiger partial charge >= 0.3 is 5.97 Å². The van der Waals surface area contributed by atoms with Crippen LogP contribution in [0.1, 0.15) is 39.5 Å². The molecule has 7 heteroatoms. The molecule has 130 valence electrons. The number of amides is 2. The van der Waals surface area contributed by atoms with E-state index in [0.29, 0.717) is 38.8 Å². The number of carbonyl (C=O) groups excluding carboxylic acids is 2. The molecule has 2 N–H and O–H groups in total. The van der Waals surface area contributed by atoms with Gasteiger partial charge in [0.2, 0.25) is 11.8 Å². The molecule has 2 amide bonds. The molecule has 0 atom stereocenters. The van der Waals surface area contributed by atoms with Gasteiger partial charge in [-0.15, -0.1) is 0 Å². The Kier molecular flexibility index (Phi) is 5.95. The van der Waals surface area contributed by atoms with E-state index in [0.717, 1.165) is 11.5 Å². The number of carbonyl (C=O) groups is 3. The topological polar surface area (TPSA) is 86.7 Å². The van der Waals surface area contributed by atoms with E-state index >= 15 is 0 Å². The van der Waals surface area contributed by atoms with Crippen LogP contribution in [-0.4, -0.2) is 57.9 Å². The fourth-order valence-corrected chi connectivity index (χ4v) is 4.37. The maximum atomic E-state index is 12.5. The Balaban J connectivity index is 1.92. The van der Waals surface area contributed by atoms with Crippen molar-refractivity contribution < 1.29 is 19.5 Å².